The number of hydrogen-bond donors (Lipinski definition) is 0. The van der Waals surface area contributed by atoms with Gasteiger partial charge in [-0.15, -0.1) is 11.3 Å². The van der Waals surface area contributed by atoms with Gasteiger partial charge in [0.15, 0.2) is 5.82 Å². The summed E-state index contributed by atoms with van der Waals surface area (Å²) in [5.41, 5.74) is 14.0. The second kappa shape index (κ2) is 13.7. The van der Waals surface area contributed by atoms with Crippen molar-refractivity contribution >= 4 is 76.7 Å². The number of aromatic nitrogens is 2. The average molecular weight is 763 g/mol. The van der Waals surface area contributed by atoms with Gasteiger partial charge in [-0.1, -0.05) is 158 Å². The Morgan fingerprint density at radius 3 is 1.86 bits per heavy atom. The molecule has 0 aliphatic rings. The van der Waals surface area contributed by atoms with Gasteiger partial charge in [-0.05, 0) is 53.5 Å². The number of benzene rings is 7. The summed E-state index contributed by atoms with van der Waals surface area (Å²) in [5.74, 6) is 1.46. The molecule has 0 unspecified atom stereocenters. The van der Waals surface area contributed by atoms with E-state index in [9.17, 15) is 0 Å². The van der Waals surface area contributed by atoms with Crippen LogP contribution in [0, 0.1) is 0 Å². The lowest BCUT2D eigenvalue weighted by Gasteiger charge is -2.09. The van der Waals surface area contributed by atoms with Gasteiger partial charge in [-0.2, -0.15) is 0 Å². The molecule has 0 N–H and O–H groups in total. The van der Waals surface area contributed by atoms with E-state index in [2.05, 4.69) is 152 Å². The van der Waals surface area contributed by atoms with Crippen LogP contribution < -0.4 is 0 Å². The molecule has 7 aromatic carbocycles. The number of hydrogen-bond acceptors (Lipinski definition) is 5. The van der Waals surface area contributed by atoms with Crippen LogP contribution in [0.25, 0.3) is 121 Å². The third kappa shape index (κ3) is 5.43. The molecule has 0 aliphatic heterocycles. The van der Waals surface area contributed by atoms with Gasteiger partial charge in [-0.3, -0.25) is 0 Å². The van der Waals surface area contributed by atoms with Gasteiger partial charge in [0.1, 0.15) is 22.5 Å². The predicted molar refractivity (Wildman–Crippen MR) is 244 cm³/mol. The lowest BCUT2D eigenvalue weighted by molar-refractivity contribution is 0.604. The van der Waals surface area contributed by atoms with Gasteiger partial charge in [0, 0.05) is 54.1 Å². The average Bonchev–Trinajstić information content (AvgIpc) is 3.98. The summed E-state index contributed by atoms with van der Waals surface area (Å²) in [7, 11) is 0. The Bertz CT molecular complexity index is 3440. The van der Waals surface area contributed by atoms with E-state index in [4.69, 9.17) is 18.8 Å². The lowest BCUT2D eigenvalue weighted by Crippen LogP contribution is -1.94. The molecule has 0 fully saturated rings. The quantitative estimate of drug-likeness (QED) is 0.162. The number of furan rings is 2. The number of para-hydroxylation sites is 3. The van der Waals surface area contributed by atoms with Crippen LogP contribution in [0.5, 0.6) is 0 Å². The van der Waals surface area contributed by atoms with E-state index in [0.29, 0.717) is 5.82 Å². The molecule has 11 rings (SSSR count). The molecule has 4 heterocycles. The number of thiophene rings is 1. The maximum Gasteiger partial charge on any atom is 0.160 e. The molecule has 0 saturated carbocycles. The van der Waals surface area contributed by atoms with Crippen molar-refractivity contribution in [1.29, 1.82) is 0 Å². The van der Waals surface area contributed by atoms with Crippen LogP contribution in [0.2, 0.25) is 0 Å². The summed E-state index contributed by atoms with van der Waals surface area (Å²) in [6.45, 7) is 6.03. The molecule has 0 bridgehead atoms. The minimum absolute atomic E-state index is 0.680. The fourth-order valence-electron chi connectivity index (χ4n) is 8.34. The number of fused-ring (bicyclic) bond motifs is 7. The van der Waals surface area contributed by atoms with Gasteiger partial charge in [0.25, 0.3) is 0 Å². The molecule has 0 saturated heterocycles. The summed E-state index contributed by atoms with van der Waals surface area (Å²) in [6, 6.07) is 55.1. The smallest absolute Gasteiger partial charge is 0.160 e. The normalized spacial score (nSPS) is 11.9. The zero-order chi connectivity index (χ0) is 38.7. The third-order valence-electron chi connectivity index (χ3n) is 11.0. The first-order valence-corrected chi connectivity index (χ1v) is 20.2. The molecule has 0 aliphatic carbocycles. The fourth-order valence-corrected chi connectivity index (χ4v) is 9.63. The zero-order valence-electron chi connectivity index (χ0n) is 31.6. The van der Waals surface area contributed by atoms with Gasteiger partial charge in [0.05, 0.1) is 15.9 Å². The molecule has 0 amide bonds. The maximum atomic E-state index is 6.43. The number of allylic oxidation sites excluding steroid dienone is 1. The molecule has 4 nitrogen and oxygen atoms in total. The highest BCUT2D eigenvalue weighted by molar-refractivity contribution is 7.26. The van der Waals surface area contributed by atoms with Crippen LogP contribution in [-0.4, -0.2) is 9.97 Å². The van der Waals surface area contributed by atoms with Crippen molar-refractivity contribution in [3.63, 3.8) is 0 Å². The molecule has 58 heavy (non-hydrogen) atoms. The monoisotopic (exact) mass is 762 g/mol. The summed E-state index contributed by atoms with van der Waals surface area (Å²) in [5, 5.41) is 4.39. The largest absolute Gasteiger partial charge is 0.455 e. The number of nitrogens with zero attached hydrogens (tertiary/aromatic N) is 2. The van der Waals surface area contributed by atoms with Crippen molar-refractivity contribution < 1.29 is 8.83 Å². The highest BCUT2D eigenvalue weighted by atomic mass is 32.1. The van der Waals surface area contributed by atoms with Gasteiger partial charge >= 0.3 is 0 Å². The molecule has 0 spiro atoms. The van der Waals surface area contributed by atoms with Crippen molar-refractivity contribution in [2.75, 3.05) is 0 Å². The molecule has 0 radical (unpaired) electrons. The van der Waals surface area contributed by atoms with E-state index >= 15 is 0 Å². The second-order valence-corrected chi connectivity index (χ2v) is 15.5. The topological polar surface area (TPSA) is 52.1 Å². The van der Waals surface area contributed by atoms with Crippen LogP contribution in [0.4, 0.5) is 0 Å². The summed E-state index contributed by atoms with van der Waals surface area (Å²) in [6.07, 6.45) is 5.91. The highest BCUT2D eigenvalue weighted by Gasteiger charge is 2.21. The molecular weight excluding hydrogens is 729 g/mol. The zero-order valence-corrected chi connectivity index (χ0v) is 32.4. The predicted octanol–water partition coefficient (Wildman–Crippen LogP) is 15.5. The standard InChI is InChI=1S/C53H34N2O2S/c1-3-15-40-42-26-12-23-37(49(42)56-45(40)4-2)33-18-10-20-35(30-33)39-25-14-28-44-48-52(58-51(39)44)47(32-16-6-5-7-17-32)54-53(55-48)36-21-11-19-34(31-36)38-24-13-27-43-41-22-8-9-29-46(41)57-50(38)43/h3-31H,2H2,1H3/b15-3-. The van der Waals surface area contributed by atoms with Crippen LogP contribution in [-0.2, 0) is 0 Å². The van der Waals surface area contributed by atoms with Crippen molar-refractivity contribution in [2.45, 2.75) is 6.92 Å². The Morgan fingerprint density at radius 1 is 0.517 bits per heavy atom. The van der Waals surface area contributed by atoms with E-state index in [1.165, 1.54) is 4.70 Å². The molecular formula is C53H34N2O2S. The Kier molecular flexibility index (Phi) is 8.02. The van der Waals surface area contributed by atoms with E-state index in [1.807, 2.05) is 31.2 Å². The molecule has 274 valence electrons. The van der Waals surface area contributed by atoms with Gasteiger partial charge in [-0.25, -0.2) is 9.97 Å². The minimum atomic E-state index is 0.680. The van der Waals surface area contributed by atoms with Crippen LogP contribution >= 0.6 is 11.3 Å². The SMILES string of the molecule is C=Cc1oc2c(-c3cccc(-c4cccc5c4sc4c(-c6ccccc6)nc(-c6cccc(-c7cccc8c7oc7ccccc78)c6)nc45)c3)cccc2c1/C=C\C. The number of rotatable bonds is 7. The second-order valence-electron chi connectivity index (χ2n) is 14.4. The Morgan fingerprint density at radius 2 is 1.10 bits per heavy atom. The van der Waals surface area contributed by atoms with Crippen molar-refractivity contribution in [1.82, 2.24) is 9.97 Å². The molecule has 11 aromatic rings. The van der Waals surface area contributed by atoms with E-state index in [0.717, 1.165) is 110 Å². The molecule has 0 atom stereocenters. The molecule has 5 heteroatoms. The first-order chi connectivity index (χ1) is 28.7. The lowest BCUT2D eigenvalue weighted by atomic mass is 9.96. The summed E-state index contributed by atoms with van der Waals surface area (Å²) in [4.78, 5) is 10.7. The third-order valence-corrected chi connectivity index (χ3v) is 12.2. The Labute approximate surface area is 338 Å². The maximum absolute atomic E-state index is 6.43. The van der Waals surface area contributed by atoms with Gasteiger partial charge < -0.3 is 8.83 Å². The van der Waals surface area contributed by atoms with E-state index in [-0.39, 0.29) is 0 Å². The molecule has 4 aromatic heterocycles. The Hall–Kier alpha value is -7.34. The van der Waals surface area contributed by atoms with Crippen LogP contribution in [0.1, 0.15) is 18.2 Å². The highest BCUT2D eigenvalue weighted by Crippen LogP contribution is 2.45. The van der Waals surface area contributed by atoms with Crippen molar-refractivity contribution in [2.24, 2.45) is 0 Å². The first kappa shape index (κ1) is 34.0. The fraction of sp³-hybridized carbons (Fsp3) is 0.0189. The van der Waals surface area contributed by atoms with Crippen molar-refractivity contribution in [3.8, 4) is 56.0 Å². The van der Waals surface area contributed by atoms with Gasteiger partial charge in [0.2, 0.25) is 0 Å². The van der Waals surface area contributed by atoms with Crippen LogP contribution in [0.15, 0.2) is 179 Å². The Balaban J connectivity index is 1.07. The minimum Gasteiger partial charge on any atom is -0.455 e. The first-order valence-electron chi connectivity index (χ1n) is 19.4. The van der Waals surface area contributed by atoms with E-state index in [1.54, 1.807) is 17.4 Å². The summed E-state index contributed by atoms with van der Waals surface area (Å²) < 4.78 is 15.1. The van der Waals surface area contributed by atoms with Crippen LogP contribution in [0.3, 0.4) is 0 Å². The summed E-state index contributed by atoms with van der Waals surface area (Å²) >= 11 is 1.76. The van der Waals surface area contributed by atoms with Crippen molar-refractivity contribution in [3.05, 3.63) is 182 Å². The van der Waals surface area contributed by atoms with E-state index < -0.39 is 0 Å².